The van der Waals surface area contributed by atoms with E-state index in [0.29, 0.717) is 17.0 Å². The monoisotopic (exact) mass is 314 g/mol. The third kappa shape index (κ3) is 2.51. The summed E-state index contributed by atoms with van der Waals surface area (Å²) in [5.74, 6) is 0.257. The van der Waals surface area contributed by atoms with Crippen LogP contribution in [-0.4, -0.2) is 29.2 Å². The molecule has 0 aromatic heterocycles. The van der Waals surface area contributed by atoms with Crippen LogP contribution in [0.1, 0.15) is 11.6 Å². The Kier molecular flexibility index (Phi) is 3.71. The Hall–Kier alpha value is -2.93. The van der Waals surface area contributed by atoms with Gasteiger partial charge in [-0.2, -0.15) is 0 Å². The summed E-state index contributed by atoms with van der Waals surface area (Å²) in [7, 11) is 1.55. The van der Waals surface area contributed by atoms with Crippen LogP contribution in [0.2, 0.25) is 0 Å². The van der Waals surface area contributed by atoms with Crippen molar-refractivity contribution >= 4 is 17.3 Å². The smallest absolute Gasteiger partial charge is 0.269 e. The van der Waals surface area contributed by atoms with Crippen molar-refractivity contribution in [2.75, 3.05) is 12.0 Å². The zero-order chi connectivity index (χ0) is 16.6. The number of nitro benzene ring substituents is 1. The Morgan fingerprint density at radius 2 is 1.74 bits per heavy atom. The third-order valence-electron chi connectivity index (χ3n) is 3.86. The average molecular weight is 314 g/mol. The number of nitro groups is 1. The van der Waals surface area contributed by atoms with Crippen LogP contribution in [0.3, 0.4) is 0 Å². The lowest BCUT2D eigenvalue weighted by molar-refractivity contribution is -0.384. The number of carbonyl (C=O) groups excluding carboxylic acids is 1. The van der Waals surface area contributed by atoms with Crippen molar-refractivity contribution in [1.82, 2.24) is 0 Å². The maximum Gasteiger partial charge on any atom is 0.269 e. The van der Waals surface area contributed by atoms with Gasteiger partial charge >= 0.3 is 0 Å². The number of non-ortho nitro benzene ring substituents is 1. The second kappa shape index (κ2) is 5.69. The molecule has 7 nitrogen and oxygen atoms in total. The van der Waals surface area contributed by atoms with Gasteiger partial charge in [0.05, 0.1) is 18.1 Å². The molecule has 2 aromatic carbocycles. The number of hydrogen-bond acceptors (Lipinski definition) is 5. The van der Waals surface area contributed by atoms with E-state index in [1.54, 1.807) is 43.5 Å². The fraction of sp³-hybridized carbons (Fsp3) is 0.188. The Bertz CT molecular complexity index is 742. The van der Waals surface area contributed by atoms with Crippen LogP contribution >= 0.6 is 0 Å². The quantitative estimate of drug-likeness (QED) is 0.529. The number of aliphatic hydroxyl groups excluding tert-OH is 1. The molecule has 2 atom stereocenters. The summed E-state index contributed by atoms with van der Waals surface area (Å²) in [5.41, 5.74) is 1.23. The van der Waals surface area contributed by atoms with Gasteiger partial charge in [-0.1, -0.05) is 12.1 Å². The highest BCUT2D eigenvalue weighted by Gasteiger charge is 2.48. The maximum atomic E-state index is 12.0. The molecule has 7 heteroatoms. The van der Waals surface area contributed by atoms with E-state index in [-0.39, 0.29) is 5.69 Å². The lowest BCUT2D eigenvalue weighted by Crippen LogP contribution is -2.59. The number of anilines is 1. The molecule has 1 aliphatic heterocycles. The number of β-lactam (4-membered cyclic amide) rings is 1. The topological polar surface area (TPSA) is 92.9 Å². The van der Waals surface area contributed by atoms with Crippen LogP contribution in [-0.2, 0) is 4.79 Å². The van der Waals surface area contributed by atoms with Crippen molar-refractivity contribution in [2.45, 2.75) is 12.1 Å². The summed E-state index contributed by atoms with van der Waals surface area (Å²) >= 11 is 0. The van der Waals surface area contributed by atoms with Crippen LogP contribution < -0.4 is 9.64 Å². The SMILES string of the molecule is COc1ccc(N2C(=O)[C@@H](O)[C@H]2c2ccc([N+](=O)[O-])cc2)cc1. The first-order valence-electron chi connectivity index (χ1n) is 6.92. The number of aliphatic hydroxyl groups is 1. The fourth-order valence-corrected chi connectivity index (χ4v) is 2.63. The molecule has 1 heterocycles. The van der Waals surface area contributed by atoms with Crippen molar-refractivity contribution in [2.24, 2.45) is 0 Å². The molecule has 118 valence electrons. The van der Waals surface area contributed by atoms with E-state index in [2.05, 4.69) is 0 Å². The zero-order valence-electron chi connectivity index (χ0n) is 12.2. The molecule has 23 heavy (non-hydrogen) atoms. The molecule has 1 aliphatic rings. The van der Waals surface area contributed by atoms with E-state index in [1.165, 1.54) is 17.0 Å². The van der Waals surface area contributed by atoms with E-state index in [1.807, 2.05) is 0 Å². The minimum absolute atomic E-state index is 0.0371. The van der Waals surface area contributed by atoms with Crippen LogP contribution in [0.25, 0.3) is 0 Å². The summed E-state index contributed by atoms with van der Waals surface area (Å²) in [4.78, 5) is 23.7. The Labute approximate surface area is 131 Å². The van der Waals surface area contributed by atoms with Crippen molar-refractivity contribution in [3.63, 3.8) is 0 Å². The van der Waals surface area contributed by atoms with E-state index in [0.717, 1.165) is 0 Å². The summed E-state index contributed by atoms with van der Waals surface area (Å²) < 4.78 is 5.08. The zero-order valence-corrected chi connectivity index (χ0v) is 12.2. The van der Waals surface area contributed by atoms with Crippen molar-refractivity contribution in [3.05, 3.63) is 64.2 Å². The van der Waals surface area contributed by atoms with Gasteiger partial charge in [0.15, 0.2) is 6.10 Å². The van der Waals surface area contributed by atoms with Crippen molar-refractivity contribution in [1.29, 1.82) is 0 Å². The molecule has 0 saturated carbocycles. The van der Waals surface area contributed by atoms with Crippen LogP contribution in [0.4, 0.5) is 11.4 Å². The molecule has 2 aromatic rings. The molecule has 1 N–H and O–H groups in total. The van der Waals surface area contributed by atoms with Crippen LogP contribution in [0.5, 0.6) is 5.75 Å². The lowest BCUT2D eigenvalue weighted by Gasteiger charge is -2.44. The normalized spacial score (nSPS) is 20.1. The van der Waals surface area contributed by atoms with Gasteiger partial charge in [-0.15, -0.1) is 0 Å². The second-order valence-corrected chi connectivity index (χ2v) is 5.14. The number of nitrogens with zero attached hydrogens (tertiary/aromatic N) is 2. The molecule has 0 spiro atoms. The molecule has 1 fully saturated rings. The molecule has 0 aliphatic carbocycles. The largest absolute Gasteiger partial charge is 0.497 e. The van der Waals surface area contributed by atoms with E-state index < -0.39 is 23.0 Å². The van der Waals surface area contributed by atoms with Crippen molar-refractivity contribution < 1.29 is 19.6 Å². The molecular weight excluding hydrogens is 300 g/mol. The minimum atomic E-state index is -1.15. The average Bonchev–Trinajstić information content (AvgIpc) is 2.59. The van der Waals surface area contributed by atoms with Gasteiger partial charge in [-0.3, -0.25) is 19.8 Å². The molecule has 0 radical (unpaired) electrons. The number of ether oxygens (including phenoxy) is 1. The van der Waals surface area contributed by atoms with Gasteiger partial charge in [0.2, 0.25) is 0 Å². The number of hydrogen-bond donors (Lipinski definition) is 1. The number of benzene rings is 2. The first kappa shape index (κ1) is 15.0. The van der Waals surface area contributed by atoms with Gasteiger partial charge in [0, 0.05) is 17.8 Å². The molecule has 0 unspecified atom stereocenters. The van der Waals surface area contributed by atoms with E-state index in [4.69, 9.17) is 4.74 Å². The Morgan fingerprint density at radius 1 is 1.13 bits per heavy atom. The maximum absolute atomic E-state index is 12.0. The molecule has 1 saturated heterocycles. The molecule has 3 rings (SSSR count). The van der Waals surface area contributed by atoms with Gasteiger partial charge in [-0.05, 0) is 29.8 Å². The Morgan fingerprint density at radius 3 is 2.26 bits per heavy atom. The highest BCUT2D eigenvalue weighted by Crippen LogP contribution is 2.39. The second-order valence-electron chi connectivity index (χ2n) is 5.14. The highest BCUT2D eigenvalue weighted by molar-refractivity contribution is 6.04. The van der Waals surface area contributed by atoms with Gasteiger partial charge in [0.25, 0.3) is 11.6 Å². The fourth-order valence-electron chi connectivity index (χ4n) is 2.63. The summed E-state index contributed by atoms with van der Waals surface area (Å²) in [5, 5.41) is 20.7. The summed E-state index contributed by atoms with van der Waals surface area (Å²) in [6, 6.07) is 12.2. The van der Waals surface area contributed by atoms with Crippen LogP contribution in [0.15, 0.2) is 48.5 Å². The number of amides is 1. The van der Waals surface area contributed by atoms with Gasteiger partial charge in [0.1, 0.15) is 5.75 Å². The first-order chi connectivity index (χ1) is 11.0. The van der Waals surface area contributed by atoms with Crippen molar-refractivity contribution in [3.8, 4) is 5.75 Å². The predicted molar refractivity (Wildman–Crippen MR) is 82.3 cm³/mol. The minimum Gasteiger partial charge on any atom is -0.497 e. The number of carbonyl (C=O) groups is 1. The summed E-state index contributed by atoms with van der Waals surface area (Å²) in [6.45, 7) is 0. The van der Waals surface area contributed by atoms with Crippen LogP contribution in [0, 0.1) is 10.1 Å². The number of rotatable bonds is 4. The first-order valence-corrected chi connectivity index (χ1v) is 6.92. The highest BCUT2D eigenvalue weighted by atomic mass is 16.6. The lowest BCUT2D eigenvalue weighted by atomic mass is 9.90. The van der Waals surface area contributed by atoms with E-state index in [9.17, 15) is 20.0 Å². The van der Waals surface area contributed by atoms with E-state index >= 15 is 0 Å². The molecule has 0 bridgehead atoms. The van der Waals surface area contributed by atoms with Gasteiger partial charge in [-0.25, -0.2) is 0 Å². The van der Waals surface area contributed by atoms with Gasteiger partial charge < -0.3 is 9.84 Å². The predicted octanol–water partition coefficient (Wildman–Crippen LogP) is 2.05. The number of methoxy groups -OCH3 is 1. The standard InChI is InChI=1S/C16H14N2O5/c1-23-13-8-6-11(7-9-13)17-14(15(19)16(17)20)10-2-4-12(5-3-10)18(21)22/h2-9,14-15,19H,1H3/t14-,15+/m1/s1. The molecular formula is C16H14N2O5. The summed E-state index contributed by atoms with van der Waals surface area (Å²) in [6.07, 6.45) is -1.15. The molecule has 1 amide bonds. The third-order valence-corrected chi connectivity index (χ3v) is 3.86. The Balaban J connectivity index is 1.90.